The molecule has 1 unspecified atom stereocenters. The van der Waals surface area contributed by atoms with Crippen LogP contribution in [0.3, 0.4) is 0 Å². The lowest BCUT2D eigenvalue weighted by Gasteiger charge is -2.24. The second kappa shape index (κ2) is 6.67. The number of likely N-dealkylation sites (N-methyl/N-ethyl adjacent to an activating group) is 2. The van der Waals surface area contributed by atoms with Gasteiger partial charge in [-0.25, -0.2) is 4.98 Å². The molecule has 1 amide bonds. The van der Waals surface area contributed by atoms with Crippen molar-refractivity contribution in [3.8, 4) is 0 Å². The van der Waals surface area contributed by atoms with Gasteiger partial charge in [-0.05, 0) is 55.1 Å². The summed E-state index contributed by atoms with van der Waals surface area (Å²) in [6.45, 7) is 1.84. The van der Waals surface area contributed by atoms with E-state index >= 15 is 0 Å². The third-order valence-electron chi connectivity index (χ3n) is 5.97. The molecule has 146 valence electrons. The monoisotopic (exact) mass is 386 g/mol. The minimum atomic E-state index is -0.159. The van der Waals surface area contributed by atoms with Gasteiger partial charge in [0.2, 0.25) is 0 Å². The van der Waals surface area contributed by atoms with Crippen LogP contribution in [-0.4, -0.2) is 58.3 Å². The number of carbonyl (C=O) groups excluding carboxylic acids is 1. The van der Waals surface area contributed by atoms with E-state index in [1.165, 1.54) is 4.40 Å². The third kappa shape index (κ3) is 2.87. The van der Waals surface area contributed by atoms with Crippen LogP contribution in [0, 0.1) is 0 Å². The lowest BCUT2D eigenvalue weighted by Crippen LogP contribution is -2.39. The molecular formula is C23H22N4O2. The van der Waals surface area contributed by atoms with Crippen molar-refractivity contribution < 1.29 is 4.79 Å². The van der Waals surface area contributed by atoms with Crippen LogP contribution in [-0.2, 0) is 0 Å². The van der Waals surface area contributed by atoms with Crippen molar-refractivity contribution in [1.29, 1.82) is 0 Å². The van der Waals surface area contributed by atoms with E-state index in [0.29, 0.717) is 22.1 Å². The van der Waals surface area contributed by atoms with Crippen molar-refractivity contribution in [1.82, 2.24) is 19.2 Å². The van der Waals surface area contributed by atoms with E-state index in [4.69, 9.17) is 4.98 Å². The standard InChI is InChI=1S/C23H22N4O2/c1-25-11-9-17(14-25)26(2)22(28)18-8-5-10-27-21(18)24-20-13-16-7-4-3-6-15(16)12-19(20)23(27)29/h3-8,10,12-13,17H,9,11,14H2,1-2H3. The Morgan fingerprint density at radius 2 is 1.90 bits per heavy atom. The van der Waals surface area contributed by atoms with Crippen LogP contribution in [0.2, 0.25) is 0 Å². The van der Waals surface area contributed by atoms with Crippen molar-refractivity contribution in [2.45, 2.75) is 12.5 Å². The number of carbonyl (C=O) groups is 1. The molecule has 0 N–H and O–H groups in total. The molecule has 2 aromatic carbocycles. The van der Waals surface area contributed by atoms with Crippen LogP contribution in [0.4, 0.5) is 0 Å². The molecule has 6 nitrogen and oxygen atoms in total. The first kappa shape index (κ1) is 17.8. The Hall–Kier alpha value is -3.25. The first-order valence-electron chi connectivity index (χ1n) is 9.82. The summed E-state index contributed by atoms with van der Waals surface area (Å²) >= 11 is 0. The van der Waals surface area contributed by atoms with Crippen LogP contribution in [0.25, 0.3) is 27.3 Å². The van der Waals surface area contributed by atoms with Gasteiger partial charge in [0, 0.05) is 25.8 Å². The number of rotatable bonds is 2. The molecule has 0 bridgehead atoms. The Kier molecular flexibility index (Phi) is 4.10. The fraction of sp³-hybridized carbons (Fsp3) is 0.261. The number of benzene rings is 2. The predicted molar refractivity (Wildman–Crippen MR) is 114 cm³/mol. The molecular weight excluding hydrogens is 364 g/mol. The topological polar surface area (TPSA) is 57.9 Å². The summed E-state index contributed by atoms with van der Waals surface area (Å²) in [6, 6.07) is 15.4. The van der Waals surface area contributed by atoms with Crippen molar-refractivity contribution >= 4 is 33.2 Å². The van der Waals surface area contributed by atoms with Crippen molar-refractivity contribution in [3.63, 3.8) is 0 Å². The molecule has 29 heavy (non-hydrogen) atoms. The Morgan fingerprint density at radius 1 is 1.14 bits per heavy atom. The smallest absolute Gasteiger partial charge is 0.265 e. The van der Waals surface area contributed by atoms with E-state index in [9.17, 15) is 9.59 Å². The quantitative estimate of drug-likeness (QED) is 0.497. The molecule has 0 aliphatic carbocycles. The van der Waals surface area contributed by atoms with Gasteiger partial charge in [0.1, 0.15) is 0 Å². The minimum Gasteiger partial charge on any atom is -0.337 e. The molecule has 3 heterocycles. The first-order valence-corrected chi connectivity index (χ1v) is 9.82. The summed E-state index contributed by atoms with van der Waals surface area (Å²) in [5.74, 6) is -0.101. The van der Waals surface area contributed by atoms with Gasteiger partial charge in [0.05, 0.1) is 16.5 Å². The molecule has 0 radical (unpaired) electrons. The van der Waals surface area contributed by atoms with Crippen LogP contribution in [0.1, 0.15) is 16.8 Å². The average molecular weight is 386 g/mol. The van der Waals surface area contributed by atoms with Gasteiger partial charge < -0.3 is 9.80 Å². The van der Waals surface area contributed by atoms with Crippen LogP contribution in [0.5, 0.6) is 0 Å². The average Bonchev–Trinajstić information content (AvgIpc) is 3.17. The van der Waals surface area contributed by atoms with Crippen molar-refractivity contribution in [2.24, 2.45) is 0 Å². The van der Waals surface area contributed by atoms with E-state index in [0.717, 1.165) is 30.3 Å². The lowest BCUT2D eigenvalue weighted by atomic mass is 10.1. The van der Waals surface area contributed by atoms with Gasteiger partial charge >= 0.3 is 0 Å². The van der Waals surface area contributed by atoms with Crippen molar-refractivity contribution in [3.05, 3.63) is 70.6 Å². The molecule has 1 atom stereocenters. The molecule has 6 heteroatoms. The third-order valence-corrected chi connectivity index (χ3v) is 5.97. The second-order valence-corrected chi connectivity index (χ2v) is 7.87. The Balaban J connectivity index is 1.69. The van der Waals surface area contributed by atoms with Crippen LogP contribution < -0.4 is 5.56 Å². The second-order valence-electron chi connectivity index (χ2n) is 7.87. The zero-order chi connectivity index (χ0) is 20.1. The summed E-state index contributed by atoms with van der Waals surface area (Å²) in [4.78, 5) is 35.2. The van der Waals surface area contributed by atoms with Gasteiger partial charge in [0.25, 0.3) is 11.5 Å². The van der Waals surface area contributed by atoms with Crippen LogP contribution in [0.15, 0.2) is 59.5 Å². The number of aromatic nitrogens is 2. The molecule has 0 spiro atoms. The number of hydrogen-bond acceptors (Lipinski definition) is 4. The van der Waals surface area contributed by atoms with E-state index in [1.807, 2.05) is 43.4 Å². The highest BCUT2D eigenvalue weighted by atomic mass is 16.2. The Bertz CT molecular complexity index is 1330. The van der Waals surface area contributed by atoms with Gasteiger partial charge in [0.15, 0.2) is 5.65 Å². The fourth-order valence-electron chi connectivity index (χ4n) is 4.26. The zero-order valence-electron chi connectivity index (χ0n) is 16.5. The summed E-state index contributed by atoms with van der Waals surface area (Å²) in [5.41, 5.74) is 1.31. The van der Waals surface area contributed by atoms with Gasteiger partial charge in [-0.1, -0.05) is 24.3 Å². The molecule has 0 saturated carbocycles. The number of nitrogens with zero attached hydrogens (tertiary/aromatic N) is 4. The SMILES string of the molecule is CN1CCC(N(C)C(=O)c2cccn3c(=O)c4cc5ccccc5cc4nc23)C1. The molecule has 1 saturated heterocycles. The predicted octanol–water partition coefficient (Wildman–Crippen LogP) is 2.78. The highest BCUT2D eigenvalue weighted by Crippen LogP contribution is 2.22. The normalized spacial score (nSPS) is 17.4. The van der Waals surface area contributed by atoms with Crippen molar-refractivity contribution in [2.75, 3.05) is 27.2 Å². The molecule has 4 aromatic rings. The molecule has 1 aliphatic rings. The number of hydrogen-bond donors (Lipinski definition) is 0. The van der Waals surface area contributed by atoms with Gasteiger partial charge in [-0.3, -0.25) is 14.0 Å². The largest absolute Gasteiger partial charge is 0.337 e. The fourth-order valence-corrected chi connectivity index (χ4v) is 4.26. The number of likely N-dealkylation sites (tertiary alicyclic amines) is 1. The Morgan fingerprint density at radius 3 is 2.62 bits per heavy atom. The van der Waals surface area contributed by atoms with E-state index < -0.39 is 0 Å². The van der Waals surface area contributed by atoms with Crippen LogP contribution >= 0.6 is 0 Å². The van der Waals surface area contributed by atoms with E-state index in [1.54, 1.807) is 23.2 Å². The summed E-state index contributed by atoms with van der Waals surface area (Å²) in [6.07, 6.45) is 2.63. The summed E-state index contributed by atoms with van der Waals surface area (Å²) in [7, 11) is 3.90. The summed E-state index contributed by atoms with van der Waals surface area (Å²) < 4.78 is 1.49. The summed E-state index contributed by atoms with van der Waals surface area (Å²) in [5, 5.41) is 2.57. The number of amides is 1. The maximum absolute atomic E-state index is 13.3. The van der Waals surface area contributed by atoms with E-state index in [-0.39, 0.29) is 17.5 Å². The lowest BCUT2D eigenvalue weighted by molar-refractivity contribution is 0.0739. The molecule has 1 fully saturated rings. The molecule has 1 aliphatic heterocycles. The first-order chi connectivity index (χ1) is 14.0. The zero-order valence-corrected chi connectivity index (χ0v) is 16.5. The molecule has 5 rings (SSSR count). The van der Waals surface area contributed by atoms with E-state index in [2.05, 4.69) is 11.9 Å². The molecule has 2 aromatic heterocycles. The van der Waals surface area contributed by atoms with Gasteiger partial charge in [-0.15, -0.1) is 0 Å². The maximum Gasteiger partial charge on any atom is 0.265 e. The minimum absolute atomic E-state index is 0.101. The Labute approximate surface area is 168 Å². The number of fused-ring (bicyclic) bond motifs is 3. The highest BCUT2D eigenvalue weighted by molar-refractivity contribution is 6.02. The highest BCUT2D eigenvalue weighted by Gasteiger charge is 2.28. The maximum atomic E-state index is 13.3. The number of pyridine rings is 1. The van der Waals surface area contributed by atoms with Gasteiger partial charge in [-0.2, -0.15) is 0 Å².